The molecule has 2 rings (SSSR count). The first-order valence-corrected chi connectivity index (χ1v) is 6.59. The summed E-state index contributed by atoms with van der Waals surface area (Å²) in [4.78, 5) is 11.9. The summed E-state index contributed by atoms with van der Waals surface area (Å²) in [5.74, 6) is 0.207. The molecule has 0 fully saturated rings. The maximum Gasteiger partial charge on any atom is 0.359 e. The number of ether oxygens (including phenoxy) is 1. The molecule has 1 aliphatic rings. The first-order valence-electron chi connectivity index (χ1n) is 6.59. The van der Waals surface area contributed by atoms with Crippen LogP contribution in [0.15, 0.2) is 0 Å². The van der Waals surface area contributed by atoms with Crippen LogP contribution in [0.4, 0.5) is 0 Å². The first kappa shape index (κ1) is 13.1. The normalized spacial score (nSPS) is 14.7. The minimum atomic E-state index is -0.306. The van der Waals surface area contributed by atoms with Gasteiger partial charge in [-0.3, -0.25) is 4.68 Å². The van der Waals surface area contributed by atoms with Crippen molar-refractivity contribution in [2.75, 3.05) is 13.2 Å². The van der Waals surface area contributed by atoms with Crippen molar-refractivity contribution in [1.82, 2.24) is 15.1 Å². The molecule has 0 aromatic carbocycles. The smallest absolute Gasteiger partial charge is 0.359 e. The molecule has 1 aromatic rings. The van der Waals surface area contributed by atoms with Gasteiger partial charge < -0.3 is 10.1 Å². The van der Waals surface area contributed by atoms with Crippen molar-refractivity contribution in [3.63, 3.8) is 0 Å². The van der Waals surface area contributed by atoms with Crippen LogP contribution in [0.25, 0.3) is 0 Å². The number of esters is 1. The molecule has 1 N–H and O–H groups in total. The Morgan fingerprint density at radius 3 is 3.00 bits per heavy atom. The minimum absolute atomic E-state index is 0.306. The van der Waals surface area contributed by atoms with Gasteiger partial charge in [0, 0.05) is 37.3 Å². The van der Waals surface area contributed by atoms with Gasteiger partial charge in [-0.05, 0) is 12.8 Å². The number of nitrogens with one attached hydrogen (secondary N) is 1. The van der Waals surface area contributed by atoms with Gasteiger partial charge in [-0.15, -0.1) is 0 Å². The lowest BCUT2D eigenvalue weighted by Gasteiger charge is -2.16. The van der Waals surface area contributed by atoms with Crippen LogP contribution in [0, 0.1) is 5.92 Å². The van der Waals surface area contributed by atoms with Crippen LogP contribution in [0.5, 0.6) is 0 Å². The van der Waals surface area contributed by atoms with Gasteiger partial charge in [0.2, 0.25) is 0 Å². The Labute approximate surface area is 108 Å². The molecule has 0 atom stereocenters. The van der Waals surface area contributed by atoms with E-state index in [1.54, 1.807) is 0 Å². The molecule has 0 saturated heterocycles. The molecule has 0 aliphatic carbocycles. The summed E-state index contributed by atoms with van der Waals surface area (Å²) in [5.41, 5.74) is 2.69. The monoisotopic (exact) mass is 251 g/mol. The first-order chi connectivity index (χ1) is 8.63. The van der Waals surface area contributed by atoms with E-state index in [2.05, 4.69) is 24.3 Å². The van der Waals surface area contributed by atoms with Gasteiger partial charge >= 0.3 is 5.97 Å². The average Bonchev–Trinajstić information content (AvgIpc) is 2.68. The molecular weight excluding hydrogens is 230 g/mol. The van der Waals surface area contributed by atoms with Crippen LogP contribution in [-0.4, -0.2) is 28.9 Å². The van der Waals surface area contributed by atoms with E-state index in [1.807, 2.05) is 11.6 Å². The Hall–Kier alpha value is -1.36. The lowest BCUT2D eigenvalue weighted by atomic mass is 10.1. The van der Waals surface area contributed by atoms with Crippen LogP contribution in [-0.2, 0) is 24.2 Å². The van der Waals surface area contributed by atoms with Gasteiger partial charge in [0.05, 0.1) is 6.61 Å². The molecule has 0 unspecified atom stereocenters. The maximum atomic E-state index is 11.9. The molecule has 0 saturated carbocycles. The molecular formula is C13H21N3O2. The van der Waals surface area contributed by atoms with Crippen LogP contribution >= 0.6 is 0 Å². The van der Waals surface area contributed by atoms with Crippen molar-refractivity contribution >= 4 is 5.97 Å². The van der Waals surface area contributed by atoms with Crippen LogP contribution in [0.1, 0.15) is 42.5 Å². The molecule has 0 spiro atoms. The van der Waals surface area contributed by atoms with E-state index in [1.165, 1.54) is 5.69 Å². The van der Waals surface area contributed by atoms with E-state index in [0.717, 1.165) is 25.1 Å². The molecule has 1 aliphatic heterocycles. The zero-order chi connectivity index (χ0) is 13.1. The fourth-order valence-corrected chi connectivity index (χ4v) is 2.28. The van der Waals surface area contributed by atoms with Crippen LogP contribution in [0.2, 0.25) is 0 Å². The van der Waals surface area contributed by atoms with Gasteiger partial charge in [-0.2, -0.15) is 5.10 Å². The van der Waals surface area contributed by atoms with Gasteiger partial charge in [-0.25, -0.2) is 4.79 Å². The fraction of sp³-hybridized carbons (Fsp3) is 0.692. The van der Waals surface area contributed by atoms with E-state index in [-0.39, 0.29) is 5.97 Å². The Morgan fingerprint density at radius 2 is 2.33 bits per heavy atom. The van der Waals surface area contributed by atoms with E-state index < -0.39 is 0 Å². The predicted octanol–water partition coefficient (Wildman–Crippen LogP) is 1.36. The minimum Gasteiger partial charge on any atom is -0.461 e. The zero-order valence-corrected chi connectivity index (χ0v) is 11.3. The molecule has 5 nitrogen and oxygen atoms in total. The van der Waals surface area contributed by atoms with Crippen molar-refractivity contribution in [2.45, 2.75) is 40.3 Å². The number of nitrogens with zero attached hydrogens (tertiary/aromatic N) is 2. The molecule has 100 valence electrons. The number of hydrogen-bond acceptors (Lipinski definition) is 4. The van der Waals surface area contributed by atoms with Crippen molar-refractivity contribution < 1.29 is 9.53 Å². The maximum absolute atomic E-state index is 11.9. The van der Waals surface area contributed by atoms with E-state index >= 15 is 0 Å². The number of fused-ring (bicyclic) bond motifs is 1. The summed E-state index contributed by atoms with van der Waals surface area (Å²) < 4.78 is 7.05. The summed E-state index contributed by atoms with van der Waals surface area (Å²) in [6, 6.07) is 0. The highest BCUT2D eigenvalue weighted by Crippen LogP contribution is 2.20. The summed E-state index contributed by atoms with van der Waals surface area (Å²) in [5, 5.41) is 7.74. The summed E-state index contributed by atoms with van der Waals surface area (Å²) >= 11 is 0. The van der Waals surface area contributed by atoms with Gasteiger partial charge in [0.1, 0.15) is 0 Å². The second kappa shape index (κ2) is 5.52. The molecule has 0 radical (unpaired) electrons. The molecule has 5 heteroatoms. The number of carbonyl (C=O) groups excluding carboxylic acids is 1. The SMILES string of the molecule is CCOC(=O)c1nn(CC(C)C)c2c1CNCC2. The zero-order valence-electron chi connectivity index (χ0n) is 11.3. The number of rotatable bonds is 4. The van der Waals surface area contributed by atoms with Gasteiger partial charge in [0.15, 0.2) is 5.69 Å². The van der Waals surface area contributed by atoms with E-state index in [4.69, 9.17) is 4.74 Å². The highest BCUT2D eigenvalue weighted by atomic mass is 16.5. The van der Waals surface area contributed by atoms with Crippen molar-refractivity contribution in [3.05, 3.63) is 17.0 Å². The second-order valence-electron chi connectivity index (χ2n) is 5.00. The quantitative estimate of drug-likeness (QED) is 0.821. The fourth-order valence-electron chi connectivity index (χ4n) is 2.28. The number of aromatic nitrogens is 2. The summed E-state index contributed by atoms with van der Waals surface area (Å²) in [7, 11) is 0. The Bertz CT molecular complexity index is 438. The Balaban J connectivity index is 2.35. The average molecular weight is 251 g/mol. The number of hydrogen-bond donors (Lipinski definition) is 1. The second-order valence-corrected chi connectivity index (χ2v) is 5.00. The third-order valence-corrected chi connectivity index (χ3v) is 3.01. The summed E-state index contributed by atoms with van der Waals surface area (Å²) in [6.07, 6.45) is 0.925. The predicted molar refractivity (Wildman–Crippen MR) is 68.4 cm³/mol. The van der Waals surface area contributed by atoms with Gasteiger partial charge in [-0.1, -0.05) is 13.8 Å². The van der Waals surface area contributed by atoms with Crippen molar-refractivity contribution in [3.8, 4) is 0 Å². The standard InChI is InChI=1S/C13H21N3O2/c1-4-18-13(17)12-10-7-14-6-5-11(10)16(15-12)8-9(2)3/h9,14H,4-8H2,1-3H3. The molecule has 18 heavy (non-hydrogen) atoms. The van der Waals surface area contributed by atoms with E-state index in [0.29, 0.717) is 24.8 Å². The van der Waals surface area contributed by atoms with Crippen LogP contribution in [0.3, 0.4) is 0 Å². The lowest BCUT2D eigenvalue weighted by Crippen LogP contribution is -2.26. The topological polar surface area (TPSA) is 56.1 Å². The number of carbonyl (C=O) groups is 1. The highest BCUT2D eigenvalue weighted by molar-refractivity contribution is 5.89. The summed E-state index contributed by atoms with van der Waals surface area (Å²) in [6.45, 7) is 9.01. The Kier molecular flexibility index (Phi) is 4.01. The molecule has 2 heterocycles. The van der Waals surface area contributed by atoms with Crippen LogP contribution < -0.4 is 5.32 Å². The lowest BCUT2D eigenvalue weighted by molar-refractivity contribution is 0.0516. The Morgan fingerprint density at radius 1 is 1.56 bits per heavy atom. The molecule has 0 bridgehead atoms. The highest BCUT2D eigenvalue weighted by Gasteiger charge is 2.25. The van der Waals surface area contributed by atoms with Crippen molar-refractivity contribution in [1.29, 1.82) is 0 Å². The largest absolute Gasteiger partial charge is 0.461 e. The molecule has 1 aromatic heterocycles. The third kappa shape index (κ3) is 2.56. The molecule has 0 amide bonds. The van der Waals surface area contributed by atoms with Crippen molar-refractivity contribution in [2.24, 2.45) is 5.92 Å². The van der Waals surface area contributed by atoms with E-state index in [9.17, 15) is 4.79 Å². The third-order valence-electron chi connectivity index (χ3n) is 3.01. The van der Waals surface area contributed by atoms with Gasteiger partial charge in [0.25, 0.3) is 0 Å².